The minimum Gasteiger partial charge on any atom is -0.394 e. The Hall–Kier alpha value is -0.0800. The third-order valence-corrected chi connectivity index (χ3v) is 5.43. The van der Waals surface area contributed by atoms with Gasteiger partial charge in [-0.15, -0.1) is 0 Å². The molecule has 1 saturated heterocycles. The Kier molecular flexibility index (Phi) is 6.32. The molecule has 5 atom stereocenters. The highest BCUT2D eigenvalue weighted by Gasteiger charge is 2.42. The van der Waals surface area contributed by atoms with Crippen molar-refractivity contribution in [1.82, 2.24) is 0 Å². The molecule has 0 aliphatic carbocycles. The van der Waals surface area contributed by atoms with Gasteiger partial charge in [-0.2, -0.15) is 12.8 Å². The molecule has 0 saturated carbocycles. The van der Waals surface area contributed by atoms with E-state index in [1.807, 2.05) is 0 Å². The van der Waals surface area contributed by atoms with E-state index in [0.29, 0.717) is 23.4 Å². The van der Waals surface area contributed by atoms with Gasteiger partial charge in [-0.1, -0.05) is 52.9 Å². The maximum Gasteiger partial charge on any atom is 0.107 e. The second-order valence-electron chi connectivity index (χ2n) is 7.04. The fourth-order valence-electron chi connectivity index (χ4n) is 3.03. The molecule has 1 rings (SSSR count). The van der Waals surface area contributed by atoms with Crippen LogP contribution in [0.25, 0.3) is 0 Å². The first kappa shape index (κ1) is 17.0. The van der Waals surface area contributed by atoms with Crippen LogP contribution in [0.3, 0.4) is 0 Å². The van der Waals surface area contributed by atoms with Crippen molar-refractivity contribution in [2.24, 2.45) is 23.2 Å². The molecule has 0 aromatic carbocycles. The van der Waals surface area contributed by atoms with Gasteiger partial charge in [-0.05, 0) is 18.3 Å². The molecule has 0 amide bonds. The Balaban J connectivity index is 2.54. The van der Waals surface area contributed by atoms with Crippen molar-refractivity contribution in [3.63, 3.8) is 0 Å². The minimum absolute atomic E-state index is 0.108. The SMILES string of the molecule is C[CH-]C(CC(C)CC)C(C)(C)C(C)CC1OC1CO. The van der Waals surface area contributed by atoms with Crippen LogP contribution in [-0.4, -0.2) is 23.9 Å². The molecule has 5 unspecified atom stereocenters. The van der Waals surface area contributed by atoms with E-state index in [4.69, 9.17) is 9.84 Å². The zero-order valence-corrected chi connectivity index (χ0v) is 13.6. The van der Waals surface area contributed by atoms with E-state index >= 15 is 0 Å². The first-order chi connectivity index (χ1) is 8.86. The van der Waals surface area contributed by atoms with E-state index in [1.165, 1.54) is 12.8 Å². The molecule has 1 N–H and O–H groups in total. The maximum atomic E-state index is 9.07. The molecule has 2 nitrogen and oxygen atoms in total. The van der Waals surface area contributed by atoms with Gasteiger partial charge in [0, 0.05) is 0 Å². The van der Waals surface area contributed by atoms with Crippen LogP contribution >= 0.6 is 0 Å². The molecule has 114 valence electrons. The summed E-state index contributed by atoms with van der Waals surface area (Å²) in [7, 11) is 0. The van der Waals surface area contributed by atoms with Gasteiger partial charge in [-0.25, -0.2) is 0 Å². The summed E-state index contributed by atoms with van der Waals surface area (Å²) in [5.41, 5.74) is 0.296. The smallest absolute Gasteiger partial charge is 0.107 e. The summed E-state index contributed by atoms with van der Waals surface area (Å²) in [6.45, 7) is 14.1. The lowest BCUT2D eigenvalue weighted by molar-refractivity contribution is 0.113. The predicted molar refractivity (Wildman–Crippen MR) is 80.8 cm³/mol. The van der Waals surface area contributed by atoms with Gasteiger partial charge in [0.1, 0.15) is 6.10 Å². The van der Waals surface area contributed by atoms with Crippen molar-refractivity contribution in [1.29, 1.82) is 0 Å². The van der Waals surface area contributed by atoms with Gasteiger partial charge in [-0.3, -0.25) is 0 Å². The van der Waals surface area contributed by atoms with E-state index in [9.17, 15) is 0 Å². The molecule has 0 spiro atoms. The Morgan fingerprint density at radius 2 is 1.89 bits per heavy atom. The Labute approximate surface area is 119 Å². The lowest BCUT2D eigenvalue weighted by Gasteiger charge is -2.46. The van der Waals surface area contributed by atoms with Gasteiger partial charge in [0.05, 0.1) is 12.7 Å². The molecule has 1 heterocycles. The normalized spacial score (nSPS) is 27.9. The van der Waals surface area contributed by atoms with E-state index in [1.54, 1.807) is 0 Å². The molecule has 1 aliphatic heterocycles. The van der Waals surface area contributed by atoms with Crippen molar-refractivity contribution in [2.75, 3.05) is 6.61 Å². The van der Waals surface area contributed by atoms with Gasteiger partial charge in [0.25, 0.3) is 0 Å². The predicted octanol–water partition coefficient (Wildman–Crippen LogP) is 4.08. The van der Waals surface area contributed by atoms with E-state index in [-0.39, 0.29) is 12.7 Å². The fourth-order valence-corrected chi connectivity index (χ4v) is 3.03. The molecule has 19 heavy (non-hydrogen) atoms. The van der Waals surface area contributed by atoms with E-state index in [2.05, 4.69) is 48.0 Å². The number of aliphatic hydroxyl groups is 1. The quantitative estimate of drug-likeness (QED) is 0.505. The summed E-state index contributed by atoms with van der Waals surface area (Å²) in [5.74, 6) is 2.05. The van der Waals surface area contributed by atoms with E-state index in [0.717, 1.165) is 12.3 Å². The summed E-state index contributed by atoms with van der Waals surface area (Å²) in [6.07, 6.45) is 6.40. The van der Waals surface area contributed by atoms with Gasteiger partial charge in [0.15, 0.2) is 0 Å². The van der Waals surface area contributed by atoms with Crippen LogP contribution in [-0.2, 0) is 4.74 Å². The number of rotatable bonds is 9. The van der Waals surface area contributed by atoms with Crippen molar-refractivity contribution in [3.8, 4) is 0 Å². The first-order valence-corrected chi connectivity index (χ1v) is 7.92. The first-order valence-electron chi connectivity index (χ1n) is 7.92. The van der Waals surface area contributed by atoms with Crippen molar-refractivity contribution < 1.29 is 9.84 Å². The van der Waals surface area contributed by atoms with Crippen molar-refractivity contribution in [3.05, 3.63) is 6.42 Å². The average Bonchev–Trinajstić information content (AvgIpc) is 3.13. The zero-order chi connectivity index (χ0) is 14.6. The number of epoxide rings is 1. The highest BCUT2D eigenvalue weighted by atomic mass is 16.6. The van der Waals surface area contributed by atoms with Gasteiger partial charge >= 0.3 is 0 Å². The van der Waals surface area contributed by atoms with Crippen molar-refractivity contribution >= 4 is 0 Å². The van der Waals surface area contributed by atoms with Crippen LogP contribution in [0.1, 0.15) is 60.8 Å². The highest BCUT2D eigenvalue weighted by Crippen LogP contribution is 2.44. The molecule has 0 aromatic rings. The standard InChI is InChI=1S/C17H33O2/c1-7-12(3)9-14(8-2)17(5,6)13(4)10-15-16(11-18)19-15/h8,12-16,18H,7,9-11H2,1-6H3/q-1. The van der Waals surface area contributed by atoms with Crippen LogP contribution in [0.5, 0.6) is 0 Å². The second kappa shape index (κ2) is 7.08. The van der Waals surface area contributed by atoms with Gasteiger partial charge in [0.2, 0.25) is 0 Å². The highest BCUT2D eigenvalue weighted by molar-refractivity contribution is 4.94. The number of ether oxygens (including phenoxy) is 1. The summed E-state index contributed by atoms with van der Waals surface area (Å²) in [5, 5.41) is 9.07. The molecule has 0 aromatic heterocycles. The largest absolute Gasteiger partial charge is 0.394 e. The molecule has 0 radical (unpaired) electrons. The van der Waals surface area contributed by atoms with Crippen LogP contribution in [0.2, 0.25) is 0 Å². The number of hydrogen-bond acceptors (Lipinski definition) is 2. The van der Waals surface area contributed by atoms with Crippen LogP contribution < -0.4 is 0 Å². The third kappa shape index (κ3) is 4.46. The molecule has 0 bridgehead atoms. The Morgan fingerprint density at radius 3 is 2.32 bits per heavy atom. The molecule has 1 fully saturated rings. The van der Waals surface area contributed by atoms with Crippen LogP contribution in [0.15, 0.2) is 0 Å². The lowest BCUT2D eigenvalue weighted by Crippen LogP contribution is -2.33. The van der Waals surface area contributed by atoms with E-state index < -0.39 is 0 Å². The maximum absolute atomic E-state index is 9.07. The lowest BCUT2D eigenvalue weighted by atomic mass is 9.65. The van der Waals surface area contributed by atoms with Gasteiger partial charge < -0.3 is 16.3 Å². The number of hydrogen-bond donors (Lipinski definition) is 1. The summed E-state index contributed by atoms with van der Waals surface area (Å²) in [6, 6.07) is 0. The summed E-state index contributed by atoms with van der Waals surface area (Å²) < 4.78 is 5.49. The fraction of sp³-hybridized carbons (Fsp3) is 0.941. The zero-order valence-electron chi connectivity index (χ0n) is 13.6. The summed E-state index contributed by atoms with van der Waals surface area (Å²) in [4.78, 5) is 0. The Bertz CT molecular complexity index is 262. The molecular formula is C17H33O2-. The molecule has 2 heteroatoms. The molecule has 1 aliphatic rings. The summed E-state index contributed by atoms with van der Waals surface area (Å²) >= 11 is 0. The topological polar surface area (TPSA) is 32.8 Å². The monoisotopic (exact) mass is 269 g/mol. The third-order valence-electron chi connectivity index (χ3n) is 5.43. The molecular weight excluding hydrogens is 236 g/mol. The van der Waals surface area contributed by atoms with Crippen molar-refractivity contribution in [2.45, 2.75) is 73.0 Å². The van der Waals surface area contributed by atoms with Crippen LogP contribution in [0.4, 0.5) is 0 Å². The van der Waals surface area contributed by atoms with Crippen LogP contribution in [0, 0.1) is 29.6 Å². The second-order valence-corrected chi connectivity index (χ2v) is 7.04. The Morgan fingerprint density at radius 1 is 1.26 bits per heavy atom. The average molecular weight is 269 g/mol. The minimum atomic E-state index is 0.108. The number of aliphatic hydroxyl groups excluding tert-OH is 1.